The molecule has 0 bridgehead atoms. The van der Waals surface area contributed by atoms with Crippen molar-refractivity contribution in [1.82, 2.24) is 10.2 Å². The Morgan fingerprint density at radius 2 is 1.65 bits per heavy atom. The zero-order chi connectivity index (χ0) is 16.4. The van der Waals surface area contributed by atoms with Crippen LogP contribution in [0.1, 0.15) is 11.3 Å². The Hall–Kier alpha value is -2.66. The second-order valence-corrected chi connectivity index (χ2v) is 5.66. The number of hydrazone groups is 1. The van der Waals surface area contributed by atoms with E-state index in [1.807, 2.05) is 67.5 Å². The van der Waals surface area contributed by atoms with Crippen LogP contribution in [-0.2, 0) is 0 Å². The summed E-state index contributed by atoms with van der Waals surface area (Å²) in [5.74, 6) is 5.64. The van der Waals surface area contributed by atoms with Crippen LogP contribution in [-0.4, -0.2) is 30.0 Å². The number of aromatic nitrogens is 2. The van der Waals surface area contributed by atoms with E-state index in [1.165, 1.54) is 0 Å². The number of benzene rings is 2. The maximum Gasteiger partial charge on any atom is 0.159 e. The highest BCUT2D eigenvalue weighted by molar-refractivity contribution is 6.35. The molecular formula is C17H16ClN5. The lowest BCUT2D eigenvalue weighted by Crippen LogP contribution is -2.12. The summed E-state index contributed by atoms with van der Waals surface area (Å²) in [6.07, 6.45) is 0. The van der Waals surface area contributed by atoms with Crippen LogP contribution in [0, 0.1) is 0 Å². The first kappa shape index (κ1) is 15.2. The van der Waals surface area contributed by atoms with Crippen molar-refractivity contribution in [3.05, 3.63) is 64.9 Å². The highest BCUT2D eigenvalue weighted by atomic mass is 35.5. The number of anilines is 1. The fraction of sp³-hybridized carbons (Fsp3) is 0.118. The summed E-state index contributed by atoms with van der Waals surface area (Å²) < 4.78 is 0. The third-order valence-electron chi connectivity index (χ3n) is 3.65. The molecule has 1 heterocycles. The van der Waals surface area contributed by atoms with Crippen LogP contribution in [0.3, 0.4) is 0 Å². The van der Waals surface area contributed by atoms with E-state index < -0.39 is 0 Å². The minimum atomic E-state index is 0.365. The van der Waals surface area contributed by atoms with E-state index in [-0.39, 0.29) is 0 Å². The van der Waals surface area contributed by atoms with Gasteiger partial charge in [-0.25, -0.2) is 0 Å². The van der Waals surface area contributed by atoms with Gasteiger partial charge in [0.1, 0.15) is 11.4 Å². The summed E-state index contributed by atoms with van der Waals surface area (Å²) >= 11 is 6.13. The standard InChI is InChI=1S/C17H16ClN5/c1-23(2)12-9-7-11(8-10-12)15(20-19)16-13-5-3-4-6-14(13)17(18)22-21-16/h3-10H,19H2,1-2H3/b20-15+. The average molecular weight is 326 g/mol. The quantitative estimate of drug-likeness (QED) is 0.456. The van der Waals surface area contributed by atoms with Crippen molar-refractivity contribution in [3.8, 4) is 0 Å². The van der Waals surface area contributed by atoms with Crippen LogP contribution >= 0.6 is 11.6 Å². The molecule has 0 fully saturated rings. The van der Waals surface area contributed by atoms with Crippen LogP contribution in [0.2, 0.25) is 5.15 Å². The van der Waals surface area contributed by atoms with Gasteiger partial charge in [0, 0.05) is 36.1 Å². The first-order valence-electron chi connectivity index (χ1n) is 7.08. The zero-order valence-electron chi connectivity index (χ0n) is 12.9. The molecule has 0 saturated carbocycles. The molecule has 0 spiro atoms. The second-order valence-electron chi connectivity index (χ2n) is 5.30. The van der Waals surface area contributed by atoms with Gasteiger partial charge in [-0.2, -0.15) is 5.10 Å². The molecule has 116 valence electrons. The molecule has 3 aromatic rings. The summed E-state index contributed by atoms with van der Waals surface area (Å²) in [7, 11) is 3.98. The van der Waals surface area contributed by atoms with Gasteiger partial charge < -0.3 is 10.7 Å². The van der Waals surface area contributed by atoms with Gasteiger partial charge in [-0.3, -0.25) is 0 Å². The molecule has 2 N–H and O–H groups in total. The fourth-order valence-corrected chi connectivity index (χ4v) is 2.64. The third kappa shape index (κ3) is 2.83. The van der Waals surface area contributed by atoms with E-state index >= 15 is 0 Å². The monoisotopic (exact) mass is 325 g/mol. The van der Waals surface area contributed by atoms with Crippen molar-refractivity contribution in [1.29, 1.82) is 0 Å². The number of hydrogen-bond donors (Lipinski definition) is 1. The predicted octanol–water partition coefficient (Wildman–Crippen LogP) is 3.06. The first-order valence-corrected chi connectivity index (χ1v) is 7.46. The maximum absolute atomic E-state index is 6.13. The minimum absolute atomic E-state index is 0.365. The van der Waals surface area contributed by atoms with Crippen LogP contribution < -0.4 is 10.7 Å². The van der Waals surface area contributed by atoms with Gasteiger partial charge in [0.15, 0.2) is 5.15 Å². The molecule has 2 aromatic carbocycles. The summed E-state index contributed by atoms with van der Waals surface area (Å²) in [5.41, 5.74) is 3.16. The molecule has 0 aliphatic rings. The predicted molar refractivity (Wildman–Crippen MR) is 95.1 cm³/mol. The Kier molecular flexibility index (Phi) is 4.12. The zero-order valence-corrected chi connectivity index (χ0v) is 13.6. The molecule has 0 unspecified atom stereocenters. The van der Waals surface area contributed by atoms with Crippen LogP contribution in [0.15, 0.2) is 53.6 Å². The largest absolute Gasteiger partial charge is 0.378 e. The summed E-state index contributed by atoms with van der Waals surface area (Å²) in [6.45, 7) is 0. The van der Waals surface area contributed by atoms with Crippen molar-refractivity contribution in [2.75, 3.05) is 19.0 Å². The number of fused-ring (bicyclic) bond motifs is 1. The number of rotatable bonds is 3. The SMILES string of the molecule is CN(C)c1ccc(/C(=N\N)c2nnc(Cl)c3ccccc23)cc1. The van der Waals surface area contributed by atoms with Crippen molar-refractivity contribution in [2.45, 2.75) is 0 Å². The van der Waals surface area contributed by atoms with E-state index in [1.54, 1.807) is 0 Å². The van der Waals surface area contributed by atoms with E-state index in [0.29, 0.717) is 16.6 Å². The number of nitrogens with two attached hydrogens (primary N) is 1. The van der Waals surface area contributed by atoms with E-state index in [4.69, 9.17) is 17.4 Å². The van der Waals surface area contributed by atoms with Gasteiger partial charge in [-0.1, -0.05) is 48.0 Å². The Bertz CT molecular complexity index is 872. The van der Waals surface area contributed by atoms with Crippen molar-refractivity contribution >= 4 is 33.8 Å². The maximum atomic E-state index is 6.13. The molecular weight excluding hydrogens is 310 g/mol. The Labute approximate surface area is 139 Å². The van der Waals surface area contributed by atoms with Crippen LogP contribution in [0.25, 0.3) is 10.8 Å². The minimum Gasteiger partial charge on any atom is -0.378 e. The Balaban J connectivity index is 2.14. The molecule has 0 saturated heterocycles. The fourth-order valence-electron chi connectivity index (χ4n) is 2.44. The summed E-state index contributed by atoms with van der Waals surface area (Å²) in [5, 5.41) is 14.2. The van der Waals surface area contributed by atoms with Crippen LogP contribution in [0.5, 0.6) is 0 Å². The smallest absolute Gasteiger partial charge is 0.159 e. The molecule has 23 heavy (non-hydrogen) atoms. The van der Waals surface area contributed by atoms with Gasteiger partial charge in [-0.05, 0) is 12.1 Å². The van der Waals surface area contributed by atoms with Gasteiger partial charge in [0.2, 0.25) is 0 Å². The molecule has 5 nitrogen and oxygen atoms in total. The lowest BCUT2D eigenvalue weighted by Gasteiger charge is -2.13. The topological polar surface area (TPSA) is 67.4 Å². The molecule has 0 aliphatic carbocycles. The summed E-state index contributed by atoms with van der Waals surface area (Å²) in [6, 6.07) is 15.6. The molecule has 0 radical (unpaired) electrons. The highest BCUT2D eigenvalue weighted by Gasteiger charge is 2.15. The molecule has 6 heteroatoms. The van der Waals surface area contributed by atoms with Gasteiger partial charge in [0.05, 0.1) is 0 Å². The molecule has 0 atom stereocenters. The number of hydrogen-bond acceptors (Lipinski definition) is 5. The highest BCUT2D eigenvalue weighted by Crippen LogP contribution is 2.25. The van der Waals surface area contributed by atoms with Crippen LogP contribution in [0.4, 0.5) is 5.69 Å². The molecule has 0 amide bonds. The molecule has 1 aromatic heterocycles. The summed E-state index contributed by atoms with van der Waals surface area (Å²) in [4.78, 5) is 2.03. The van der Waals surface area contributed by atoms with Gasteiger partial charge in [-0.15, -0.1) is 10.2 Å². The van der Waals surface area contributed by atoms with E-state index in [9.17, 15) is 0 Å². The Morgan fingerprint density at radius 3 is 2.26 bits per heavy atom. The second kappa shape index (κ2) is 6.22. The lowest BCUT2D eigenvalue weighted by atomic mass is 10.0. The van der Waals surface area contributed by atoms with Crippen molar-refractivity contribution in [2.24, 2.45) is 10.9 Å². The molecule has 3 rings (SSSR count). The van der Waals surface area contributed by atoms with Gasteiger partial charge >= 0.3 is 0 Å². The first-order chi connectivity index (χ1) is 11.1. The normalized spacial score (nSPS) is 11.7. The van der Waals surface area contributed by atoms with E-state index in [2.05, 4.69) is 15.3 Å². The number of nitrogens with zero attached hydrogens (tertiary/aromatic N) is 4. The average Bonchev–Trinajstić information content (AvgIpc) is 2.58. The lowest BCUT2D eigenvalue weighted by molar-refractivity contribution is 1.03. The van der Waals surface area contributed by atoms with Crippen molar-refractivity contribution < 1.29 is 0 Å². The number of halogens is 1. The third-order valence-corrected chi connectivity index (χ3v) is 3.93. The molecule has 0 aliphatic heterocycles. The van der Waals surface area contributed by atoms with E-state index in [0.717, 1.165) is 22.0 Å². The Morgan fingerprint density at radius 1 is 1.00 bits per heavy atom. The van der Waals surface area contributed by atoms with Gasteiger partial charge in [0.25, 0.3) is 0 Å². The van der Waals surface area contributed by atoms with Crippen molar-refractivity contribution in [3.63, 3.8) is 0 Å².